The van der Waals surface area contributed by atoms with Crippen molar-refractivity contribution in [1.29, 1.82) is 0 Å². The summed E-state index contributed by atoms with van der Waals surface area (Å²) in [5, 5.41) is 0.816. The third-order valence-electron chi connectivity index (χ3n) is 3.51. The van der Waals surface area contributed by atoms with Crippen molar-refractivity contribution in [2.24, 2.45) is 0 Å². The number of aldehydes is 1. The average molecular weight is 398 g/mol. The van der Waals surface area contributed by atoms with Crippen molar-refractivity contribution in [2.45, 2.75) is 12.9 Å². The second-order valence-electron chi connectivity index (χ2n) is 5.18. The predicted molar refractivity (Wildman–Crippen MR) is 87.3 cm³/mol. The highest BCUT2D eigenvalue weighted by Gasteiger charge is 2.30. The minimum Gasteiger partial charge on any atom is -0.406 e. The van der Waals surface area contributed by atoms with Crippen LogP contribution in [-0.2, 0) is 6.54 Å². The Morgan fingerprint density at radius 1 is 1.12 bits per heavy atom. The van der Waals surface area contributed by atoms with E-state index in [9.17, 15) is 18.0 Å². The second kappa shape index (κ2) is 6.32. The van der Waals surface area contributed by atoms with Gasteiger partial charge in [-0.15, -0.1) is 13.2 Å². The molecule has 1 heterocycles. The molecular weight excluding hydrogens is 387 g/mol. The van der Waals surface area contributed by atoms with Crippen molar-refractivity contribution < 1.29 is 22.7 Å². The molecule has 3 rings (SSSR count). The summed E-state index contributed by atoms with van der Waals surface area (Å²) in [7, 11) is 0. The molecule has 2 aromatic carbocycles. The Labute approximate surface area is 143 Å². The molecule has 24 heavy (non-hydrogen) atoms. The molecule has 124 valence electrons. The number of nitrogens with zero attached hydrogens (tertiary/aromatic N) is 1. The van der Waals surface area contributed by atoms with Gasteiger partial charge in [-0.25, -0.2) is 0 Å². The van der Waals surface area contributed by atoms with Crippen molar-refractivity contribution in [2.75, 3.05) is 0 Å². The van der Waals surface area contributed by atoms with Gasteiger partial charge in [0.25, 0.3) is 0 Å². The van der Waals surface area contributed by atoms with Gasteiger partial charge in [-0.2, -0.15) is 0 Å². The van der Waals surface area contributed by atoms with Crippen molar-refractivity contribution in [3.8, 4) is 5.75 Å². The van der Waals surface area contributed by atoms with Gasteiger partial charge in [-0.1, -0.05) is 28.1 Å². The van der Waals surface area contributed by atoms with Crippen molar-refractivity contribution in [3.63, 3.8) is 0 Å². The minimum atomic E-state index is -4.70. The number of aromatic nitrogens is 1. The zero-order valence-corrected chi connectivity index (χ0v) is 13.8. The minimum absolute atomic E-state index is 0.263. The zero-order chi connectivity index (χ0) is 17.3. The van der Waals surface area contributed by atoms with Gasteiger partial charge in [-0.3, -0.25) is 4.79 Å². The molecule has 0 bridgehead atoms. The molecule has 0 saturated carbocycles. The molecule has 7 heteroatoms. The number of alkyl halides is 3. The normalized spacial score (nSPS) is 11.7. The second-order valence-corrected chi connectivity index (χ2v) is 6.10. The smallest absolute Gasteiger partial charge is 0.406 e. The van der Waals surface area contributed by atoms with Crippen molar-refractivity contribution >= 4 is 33.1 Å². The van der Waals surface area contributed by atoms with Gasteiger partial charge in [0.1, 0.15) is 5.75 Å². The van der Waals surface area contributed by atoms with E-state index in [0.717, 1.165) is 27.2 Å². The molecule has 0 unspecified atom stereocenters. The van der Waals surface area contributed by atoms with Crippen LogP contribution in [0.3, 0.4) is 0 Å². The highest BCUT2D eigenvalue weighted by Crippen LogP contribution is 2.26. The summed E-state index contributed by atoms with van der Waals surface area (Å²) in [6.07, 6.45) is -2.19. The third-order valence-corrected chi connectivity index (χ3v) is 4.00. The van der Waals surface area contributed by atoms with E-state index in [1.807, 2.05) is 22.8 Å². The number of halogens is 4. The van der Waals surface area contributed by atoms with Crippen LogP contribution in [0.1, 0.15) is 15.9 Å². The van der Waals surface area contributed by atoms with Gasteiger partial charge in [0.05, 0.1) is 0 Å². The topological polar surface area (TPSA) is 31.2 Å². The van der Waals surface area contributed by atoms with Crippen LogP contribution >= 0.6 is 15.9 Å². The van der Waals surface area contributed by atoms with E-state index in [2.05, 4.69) is 20.7 Å². The van der Waals surface area contributed by atoms with Gasteiger partial charge in [0.2, 0.25) is 0 Å². The number of fused-ring (bicyclic) bond motifs is 1. The summed E-state index contributed by atoms with van der Waals surface area (Å²) in [4.78, 5) is 11.2. The van der Waals surface area contributed by atoms with Crippen molar-refractivity contribution in [3.05, 3.63) is 64.3 Å². The molecule has 0 aliphatic rings. The maximum Gasteiger partial charge on any atom is 0.573 e. The summed E-state index contributed by atoms with van der Waals surface area (Å²) in [6, 6.07) is 11.3. The highest BCUT2D eigenvalue weighted by atomic mass is 79.9. The summed E-state index contributed by atoms with van der Waals surface area (Å²) >= 11 is 3.37. The van der Waals surface area contributed by atoms with E-state index in [1.165, 1.54) is 12.1 Å². The van der Waals surface area contributed by atoms with Crippen LogP contribution in [0.2, 0.25) is 0 Å². The summed E-state index contributed by atoms with van der Waals surface area (Å²) in [5.41, 5.74) is 2.22. The molecule has 0 fully saturated rings. The van der Waals surface area contributed by atoms with Gasteiger partial charge in [0.15, 0.2) is 6.29 Å². The quantitative estimate of drug-likeness (QED) is 0.569. The van der Waals surface area contributed by atoms with E-state index in [-0.39, 0.29) is 5.75 Å². The molecule has 0 saturated heterocycles. The molecule has 0 aliphatic heterocycles. The Bertz CT molecular complexity index is 885. The number of carbonyl (C=O) groups excluding carboxylic acids is 1. The number of benzene rings is 2. The molecule has 0 N–H and O–H groups in total. The molecule has 0 aliphatic carbocycles. The Balaban J connectivity index is 1.89. The lowest BCUT2D eigenvalue weighted by atomic mass is 10.2. The lowest BCUT2D eigenvalue weighted by Crippen LogP contribution is -2.17. The van der Waals surface area contributed by atoms with Gasteiger partial charge < -0.3 is 9.30 Å². The van der Waals surface area contributed by atoms with Crippen LogP contribution in [0.15, 0.2) is 53.1 Å². The van der Waals surface area contributed by atoms with E-state index < -0.39 is 6.36 Å². The number of hydrogen-bond acceptors (Lipinski definition) is 2. The number of ether oxygens (including phenoxy) is 1. The van der Waals surface area contributed by atoms with Gasteiger partial charge in [0, 0.05) is 33.7 Å². The van der Waals surface area contributed by atoms with Crippen molar-refractivity contribution in [1.82, 2.24) is 4.57 Å². The first-order valence-corrected chi connectivity index (χ1v) is 7.73. The molecule has 0 atom stereocenters. The Morgan fingerprint density at radius 3 is 2.46 bits per heavy atom. The first-order chi connectivity index (χ1) is 11.4. The summed E-state index contributed by atoms with van der Waals surface area (Å²) in [6.45, 7) is 0.429. The van der Waals surface area contributed by atoms with Gasteiger partial charge >= 0.3 is 6.36 Å². The largest absolute Gasteiger partial charge is 0.573 e. The number of carbonyl (C=O) groups is 1. The first kappa shape index (κ1) is 16.6. The van der Waals surface area contributed by atoms with Crippen LogP contribution in [0, 0.1) is 0 Å². The average Bonchev–Trinajstić information content (AvgIpc) is 2.85. The van der Waals surface area contributed by atoms with E-state index >= 15 is 0 Å². The standard InChI is InChI=1S/C17H11BrF3NO2/c18-13-3-6-16-15(7-13)12(10-23)9-22(16)8-11-1-4-14(5-2-11)24-17(19,20)21/h1-7,9-10H,8H2. The lowest BCUT2D eigenvalue weighted by molar-refractivity contribution is -0.274. The fraction of sp³-hybridized carbons (Fsp3) is 0.118. The number of rotatable bonds is 4. The van der Waals surface area contributed by atoms with E-state index in [0.29, 0.717) is 12.1 Å². The lowest BCUT2D eigenvalue weighted by Gasteiger charge is -2.10. The number of hydrogen-bond donors (Lipinski definition) is 0. The molecular formula is C17H11BrF3NO2. The Kier molecular flexibility index (Phi) is 4.36. The highest BCUT2D eigenvalue weighted by molar-refractivity contribution is 9.10. The monoisotopic (exact) mass is 397 g/mol. The van der Waals surface area contributed by atoms with E-state index in [1.54, 1.807) is 18.3 Å². The molecule has 3 aromatic rings. The maximum atomic E-state index is 12.2. The first-order valence-electron chi connectivity index (χ1n) is 6.94. The molecule has 3 nitrogen and oxygen atoms in total. The van der Waals surface area contributed by atoms with E-state index in [4.69, 9.17) is 0 Å². The maximum absolute atomic E-state index is 12.2. The predicted octanol–water partition coefficient (Wildman–Crippen LogP) is 5.16. The van der Waals surface area contributed by atoms with Crippen LogP contribution < -0.4 is 4.74 Å². The van der Waals surface area contributed by atoms with Crippen LogP contribution in [0.4, 0.5) is 13.2 Å². The zero-order valence-electron chi connectivity index (χ0n) is 12.2. The Morgan fingerprint density at radius 2 is 1.83 bits per heavy atom. The molecule has 0 radical (unpaired) electrons. The van der Waals surface area contributed by atoms with Gasteiger partial charge in [-0.05, 0) is 35.9 Å². The SMILES string of the molecule is O=Cc1cn(Cc2ccc(OC(F)(F)F)cc2)c2ccc(Br)cc12. The molecule has 1 aromatic heterocycles. The fourth-order valence-corrected chi connectivity index (χ4v) is 2.88. The van der Waals surface area contributed by atoms with Crippen LogP contribution in [0.25, 0.3) is 10.9 Å². The third kappa shape index (κ3) is 3.62. The molecule has 0 spiro atoms. The summed E-state index contributed by atoms with van der Waals surface area (Å²) < 4.78 is 43.1. The van der Waals surface area contributed by atoms with Crippen LogP contribution in [-0.4, -0.2) is 17.2 Å². The fourth-order valence-electron chi connectivity index (χ4n) is 2.51. The Hall–Kier alpha value is -2.28. The summed E-state index contributed by atoms with van der Waals surface area (Å²) in [5.74, 6) is -0.263. The van der Waals surface area contributed by atoms with Crippen LogP contribution in [0.5, 0.6) is 5.75 Å². The molecule has 0 amide bonds.